The summed E-state index contributed by atoms with van der Waals surface area (Å²) in [4.78, 5) is 15.2. The lowest BCUT2D eigenvalue weighted by Gasteiger charge is -2.12. The molecule has 0 amide bonds. The van der Waals surface area contributed by atoms with E-state index in [-0.39, 0.29) is 5.56 Å². The average Bonchev–Trinajstić information content (AvgIpc) is 2.68. The number of ether oxygens (including phenoxy) is 2. The second kappa shape index (κ2) is 7.75. The van der Waals surface area contributed by atoms with E-state index in [2.05, 4.69) is 4.98 Å². The van der Waals surface area contributed by atoms with Crippen molar-refractivity contribution in [2.45, 2.75) is 0 Å². The summed E-state index contributed by atoms with van der Waals surface area (Å²) in [6.07, 6.45) is 0. The fourth-order valence-electron chi connectivity index (χ4n) is 2.72. The lowest BCUT2D eigenvalue weighted by molar-refractivity contribution is 0.355. The van der Waals surface area contributed by atoms with Crippen molar-refractivity contribution in [3.05, 3.63) is 68.4 Å². The zero-order valence-corrected chi connectivity index (χ0v) is 16.0. The van der Waals surface area contributed by atoms with E-state index in [1.165, 1.54) is 14.2 Å². The molecule has 5 nitrogen and oxygen atoms in total. The maximum atomic E-state index is 12.5. The van der Waals surface area contributed by atoms with E-state index in [1.54, 1.807) is 42.5 Å². The second-order valence-corrected chi connectivity index (χ2v) is 6.43. The zero-order valence-electron chi connectivity index (χ0n) is 14.5. The van der Waals surface area contributed by atoms with Crippen LogP contribution in [0.3, 0.4) is 0 Å². The Hall–Kier alpha value is -2.94. The molecule has 0 unspecified atom stereocenters. The summed E-state index contributed by atoms with van der Waals surface area (Å²) < 4.78 is 10.6. The molecule has 0 saturated heterocycles. The van der Waals surface area contributed by atoms with E-state index in [4.69, 9.17) is 32.7 Å². The highest BCUT2D eigenvalue weighted by atomic mass is 35.5. The van der Waals surface area contributed by atoms with Crippen LogP contribution in [0.1, 0.15) is 5.56 Å². The molecular weight excluding hydrogens is 387 g/mol. The number of methoxy groups -OCH3 is 2. The smallest absolute Gasteiger partial charge is 0.266 e. The van der Waals surface area contributed by atoms with E-state index in [0.717, 1.165) is 0 Å². The Morgan fingerprint density at radius 1 is 0.926 bits per heavy atom. The summed E-state index contributed by atoms with van der Waals surface area (Å²) in [5.74, 6) is 1.05. The third-order valence-electron chi connectivity index (χ3n) is 4.07. The molecule has 0 bridgehead atoms. The van der Waals surface area contributed by atoms with Crippen LogP contribution in [-0.2, 0) is 0 Å². The molecule has 2 aromatic carbocycles. The van der Waals surface area contributed by atoms with Crippen LogP contribution < -0.4 is 15.0 Å². The van der Waals surface area contributed by atoms with Crippen molar-refractivity contribution in [3.63, 3.8) is 0 Å². The topological polar surface area (TPSA) is 75.1 Å². The molecule has 0 aliphatic rings. The number of rotatable bonds is 4. The van der Waals surface area contributed by atoms with Gasteiger partial charge in [0.1, 0.15) is 11.6 Å². The number of nitrogens with one attached hydrogen (secondary N) is 1. The highest BCUT2D eigenvalue weighted by Crippen LogP contribution is 2.35. The summed E-state index contributed by atoms with van der Waals surface area (Å²) in [6, 6.07) is 13.9. The van der Waals surface area contributed by atoms with Gasteiger partial charge in [0, 0.05) is 11.3 Å². The van der Waals surface area contributed by atoms with Gasteiger partial charge in [-0.05, 0) is 41.5 Å². The Morgan fingerprint density at radius 3 is 2.26 bits per heavy atom. The van der Waals surface area contributed by atoms with Crippen LogP contribution in [0.5, 0.6) is 11.5 Å². The molecule has 3 rings (SSSR count). The molecular formula is C20H14Cl2N2O3. The van der Waals surface area contributed by atoms with E-state index >= 15 is 0 Å². The number of aromatic nitrogens is 1. The number of pyridine rings is 1. The number of nitriles is 1. The van der Waals surface area contributed by atoms with Crippen molar-refractivity contribution in [1.29, 1.82) is 5.26 Å². The number of hydrogen-bond donors (Lipinski definition) is 1. The Bertz CT molecular complexity index is 1120. The number of halogens is 2. The van der Waals surface area contributed by atoms with Gasteiger partial charge in [0.2, 0.25) is 0 Å². The SMILES string of the molecule is COc1ccc(-c2cc(-c3ccc(Cl)c(Cl)c3)[nH]c(=O)c2C#N)cc1OC. The summed E-state index contributed by atoms with van der Waals surface area (Å²) in [5.41, 5.74) is 1.83. The van der Waals surface area contributed by atoms with Gasteiger partial charge in [-0.15, -0.1) is 0 Å². The summed E-state index contributed by atoms with van der Waals surface area (Å²) in [7, 11) is 3.06. The van der Waals surface area contributed by atoms with Crippen LogP contribution in [-0.4, -0.2) is 19.2 Å². The lowest BCUT2D eigenvalue weighted by Crippen LogP contribution is -2.12. The number of hydrogen-bond acceptors (Lipinski definition) is 4. The number of benzene rings is 2. The average molecular weight is 401 g/mol. The number of aromatic amines is 1. The van der Waals surface area contributed by atoms with Gasteiger partial charge in [0.15, 0.2) is 11.5 Å². The van der Waals surface area contributed by atoms with Crippen molar-refractivity contribution >= 4 is 23.2 Å². The Kier molecular flexibility index (Phi) is 5.41. The van der Waals surface area contributed by atoms with E-state index in [9.17, 15) is 10.1 Å². The van der Waals surface area contributed by atoms with Gasteiger partial charge in [-0.3, -0.25) is 4.79 Å². The molecule has 0 aliphatic carbocycles. The van der Waals surface area contributed by atoms with Gasteiger partial charge in [-0.2, -0.15) is 5.26 Å². The second-order valence-electron chi connectivity index (χ2n) is 5.61. The standard InChI is InChI=1S/C20H14Cl2N2O3/c1-26-18-6-4-11(8-19(18)27-2)13-9-17(24-20(25)14(13)10-23)12-3-5-15(21)16(22)7-12/h3-9H,1-2H3,(H,24,25). The van der Waals surface area contributed by atoms with Gasteiger partial charge in [-0.25, -0.2) is 0 Å². The van der Waals surface area contributed by atoms with E-state index in [1.807, 2.05) is 6.07 Å². The van der Waals surface area contributed by atoms with Crippen molar-refractivity contribution in [2.75, 3.05) is 14.2 Å². The van der Waals surface area contributed by atoms with Crippen LogP contribution in [0, 0.1) is 11.3 Å². The normalized spacial score (nSPS) is 10.3. The summed E-state index contributed by atoms with van der Waals surface area (Å²) in [6.45, 7) is 0. The minimum Gasteiger partial charge on any atom is -0.493 e. The Morgan fingerprint density at radius 2 is 1.63 bits per heavy atom. The lowest BCUT2D eigenvalue weighted by atomic mass is 9.98. The van der Waals surface area contributed by atoms with Gasteiger partial charge in [0.25, 0.3) is 5.56 Å². The van der Waals surface area contributed by atoms with Crippen LogP contribution in [0.25, 0.3) is 22.4 Å². The van der Waals surface area contributed by atoms with E-state index < -0.39 is 5.56 Å². The molecule has 27 heavy (non-hydrogen) atoms. The molecule has 1 aromatic heterocycles. The molecule has 1 heterocycles. The monoisotopic (exact) mass is 400 g/mol. The maximum Gasteiger partial charge on any atom is 0.266 e. The first-order chi connectivity index (χ1) is 13.0. The first-order valence-electron chi connectivity index (χ1n) is 7.83. The Balaban J connectivity index is 2.23. The van der Waals surface area contributed by atoms with E-state index in [0.29, 0.717) is 43.9 Å². The largest absolute Gasteiger partial charge is 0.493 e. The molecule has 7 heteroatoms. The van der Waals surface area contributed by atoms with Gasteiger partial charge < -0.3 is 14.5 Å². The highest BCUT2D eigenvalue weighted by molar-refractivity contribution is 6.42. The molecule has 0 saturated carbocycles. The number of H-pyrrole nitrogens is 1. The molecule has 0 radical (unpaired) electrons. The molecule has 0 aliphatic heterocycles. The quantitative estimate of drug-likeness (QED) is 0.675. The third-order valence-corrected chi connectivity index (χ3v) is 4.81. The summed E-state index contributed by atoms with van der Waals surface area (Å²) in [5, 5.41) is 10.2. The third kappa shape index (κ3) is 3.63. The first-order valence-corrected chi connectivity index (χ1v) is 8.59. The first kappa shape index (κ1) is 18.8. The Labute approximate surface area is 165 Å². The van der Waals surface area contributed by atoms with Crippen LogP contribution >= 0.6 is 23.2 Å². The maximum absolute atomic E-state index is 12.5. The van der Waals surface area contributed by atoms with Crippen LogP contribution in [0.2, 0.25) is 10.0 Å². The fraction of sp³-hybridized carbons (Fsp3) is 0.100. The minimum absolute atomic E-state index is 0.00558. The highest BCUT2D eigenvalue weighted by Gasteiger charge is 2.15. The summed E-state index contributed by atoms with van der Waals surface area (Å²) >= 11 is 12.0. The molecule has 136 valence electrons. The van der Waals surface area contributed by atoms with Crippen LogP contribution in [0.4, 0.5) is 0 Å². The van der Waals surface area contributed by atoms with Gasteiger partial charge >= 0.3 is 0 Å². The molecule has 1 N–H and O–H groups in total. The minimum atomic E-state index is -0.495. The van der Waals surface area contributed by atoms with Gasteiger partial charge in [0.05, 0.1) is 24.3 Å². The van der Waals surface area contributed by atoms with Crippen LogP contribution in [0.15, 0.2) is 47.3 Å². The molecule has 0 atom stereocenters. The molecule has 0 spiro atoms. The van der Waals surface area contributed by atoms with Crippen molar-refractivity contribution in [1.82, 2.24) is 4.98 Å². The fourth-order valence-corrected chi connectivity index (χ4v) is 3.02. The van der Waals surface area contributed by atoms with Crippen molar-refractivity contribution < 1.29 is 9.47 Å². The van der Waals surface area contributed by atoms with Crippen molar-refractivity contribution in [2.24, 2.45) is 0 Å². The predicted octanol–water partition coefficient (Wildman–Crippen LogP) is 4.90. The predicted molar refractivity (Wildman–Crippen MR) is 106 cm³/mol. The zero-order chi connectivity index (χ0) is 19.6. The molecule has 0 fully saturated rings. The number of nitrogens with zero attached hydrogens (tertiary/aromatic N) is 1. The van der Waals surface area contributed by atoms with Gasteiger partial charge in [-0.1, -0.05) is 35.3 Å². The molecule has 3 aromatic rings. The van der Waals surface area contributed by atoms with Crippen molar-refractivity contribution in [3.8, 4) is 40.0 Å².